The SMILES string of the molecule is CCC(C)N(C)C(C(C)C)C(N)c1ccccc1. The molecule has 0 heterocycles. The zero-order chi connectivity index (χ0) is 13.7. The van der Waals surface area contributed by atoms with Gasteiger partial charge in [-0.25, -0.2) is 0 Å². The number of rotatable bonds is 6. The minimum absolute atomic E-state index is 0.0743. The van der Waals surface area contributed by atoms with Crippen LogP contribution in [0, 0.1) is 5.92 Å². The second kappa shape index (κ2) is 6.91. The van der Waals surface area contributed by atoms with E-state index in [9.17, 15) is 0 Å². The molecule has 0 fully saturated rings. The Morgan fingerprint density at radius 1 is 1.11 bits per heavy atom. The van der Waals surface area contributed by atoms with Gasteiger partial charge < -0.3 is 5.73 Å². The van der Waals surface area contributed by atoms with Gasteiger partial charge in [-0.2, -0.15) is 0 Å². The molecule has 2 N–H and O–H groups in total. The molecular weight excluding hydrogens is 220 g/mol. The molecule has 102 valence electrons. The average molecular weight is 248 g/mol. The van der Waals surface area contributed by atoms with Crippen LogP contribution in [-0.2, 0) is 0 Å². The lowest BCUT2D eigenvalue weighted by molar-refractivity contribution is 0.118. The molecule has 2 nitrogen and oxygen atoms in total. The summed E-state index contributed by atoms with van der Waals surface area (Å²) in [7, 11) is 2.20. The average Bonchev–Trinajstić information content (AvgIpc) is 2.38. The molecule has 1 rings (SSSR count). The Labute approximate surface area is 112 Å². The van der Waals surface area contributed by atoms with Gasteiger partial charge in [-0.15, -0.1) is 0 Å². The van der Waals surface area contributed by atoms with E-state index in [1.165, 1.54) is 5.56 Å². The van der Waals surface area contributed by atoms with Gasteiger partial charge in [0, 0.05) is 18.1 Å². The topological polar surface area (TPSA) is 29.3 Å². The van der Waals surface area contributed by atoms with Gasteiger partial charge in [-0.1, -0.05) is 51.1 Å². The molecule has 0 saturated heterocycles. The molecule has 0 spiro atoms. The molecule has 1 aromatic rings. The monoisotopic (exact) mass is 248 g/mol. The first-order valence-electron chi connectivity index (χ1n) is 7.01. The number of nitrogens with two attached hydrogens (primary N) is 1. The third kappa shape index (κ3) is 3.56. The van der Waals surface area contributed by atoms with E-state index >= 15 is 0 Å². The molecule has 0 aliphatic heterocycles. The van der Waals surface area contributed by atoms with E-state index in [1.807, 2.05) is 6.07 Å². The van der Waals surface area contributed by atoms with Crippen LogP contribution in [0.25, 0.3) is 0 Å². The van der Waals surface area contributed by atoms with E-state index in [1.54, 1.807) is 0 Å². The largest absolute Gasteiger partial charge is 0.323 e. The first kappa shape index (κ1) is 15.2. The Hall–Kier alpha value is -0.860. The van der Waals surface area contributed by atoms with Crippen molar-refractivity contribution in [1.29, 1.82) is 0 Å². The standard InChI is InChI=1S/C16H28N2/c1-6-13(4)18(5)16(12(2)3)15(17)14-10-8-7-9-11-14/h7-13,15-16H,6,17H2,1-5H3. The van der Waals surface area contributed by atoms with Crippen LogP contribution in [0.4, 0.5) is 0 Å². The third-order valence-electron chi connectivity index (χ3n) is 3.99. The second-order valence-electron chi connectivity index (χ2n) is 5.59. The van der Waals surface area contributed by atoms with Gasteiger partial charge in [-0.3, -0.25) is 4.90 Å². The molecule has 0 aromatic heterocycles. The van der Waals surface area contributed by atoms with Gasteiger partial charge in [0.2, 0.25) is 0 Å². The van der Waals surface area contributed by atoms with E-state index in [4.69, 9.17) is 5.73 Å². The molecular formula is C16H28N2. The first-order chi connectivity index (χ1) is 8.49. The molecule has 1 aromatic carbocycles. The zero-order valence-corrected chi connectivity index (χ0v) is 12.4. The number of hydrogen-bond acceptors (Lipinski definition) is 2. The van der Waals surface area contributed by atoms with Crippen LogP contribution in [0.15, 0.2) is 30.3 Å². The van der Waals surface area contributed by atoms with E-state index in [0.717, 1.165) is 6.42 Å². The summed E-state index contributed by atoms with van der Waals surface area (Å²) in [4.78, 5) is 2.43. The molecule has 0 aliphatic carbocycles. The third-order valence-corrected chi connectivity index (χ3v) is 3.99. The predicted molar refractivity (Wildman–Crippen MR) is 79.5 cm³/mol. The molecule has 18 heavy (non-hydrogen) atoms. The van der Waals surface area contributed by atoms with Crippen LogP contribution in [0.5, 0.6) is 0 Å². The smallest absolute Gasteiger partial charge is 0.0455 e. The molecule has 3 atom stereocenters. The van der Waals surface area contributed by atoms with Crippen LogP contribution in [0.3, 0.4) is 0 Å². The molecule has 0 saturated carbocycles. The highest BCUT2D eigenvalue weighted by Gasteiger charge is 2.28. The van der Waals surface area contributed by atoms with Gasteiger partial charge in [0.15, 0.2) is 0 Å². The van der Waals surface area contributed by atoms with Gasteiger partial charge >= 0.3 is 0 Å². The maximum Gasteiger partial charge on any atom is 0.0455 e. The Kier molecular flexibility index (Phi) is 5.83. The van der Waals surface area contributed by atoms with Crippen molar-refractivity contribution in [2.24, 2.45) is 11.7 Å². The minimum Gasteiger partial charge on any atom is -0.323 e. The maximum atomic E-state index is 6.49. The lowest BCUT2D eigenvalue weighted by Gasteiger charge is -2.39. The van der Waals surface area contributed by atoms with Crippen molar-refractivity contribution >= 4 is 0 Å². The summed E-state index contributed by atoms with van der Waals surface area (Å²) >= 11 is 0. The summed E-state index contributed by atoms with van der Waals surface area (Å²) in [5.74, 6) is 0.541. The quantitative estimate of drug-likeness (QED) is 0.835. The highest BCUT2D eigenvalue weighted by atomic mass is 15.2. The lowest BCUT2D eigenvalue weighted by Crippen LogP contribution is -2.47. The van der Waals surface area contributed by atoms with E-state index in [0.29, 0.717) is 18.0 Å². The van der Waals surface area contributed by atoms with Crippen LogP contribution in [0.2, 0.25) is 0 Å². The van der Waals surface area contributed by atoms with Gasteiger partial charge in [0.05, 0.1) is 0 Å². The number of nitrogens with zero attached hydrogens (tertiary/aromatic N) is 1. The van der Waals surface area contributed by atoms with Crippen LogP contribution >= 0.6 is 0 Å². The lowest BCUT2D eigenvalue weighted by atomic mass is 9.89. The highest BCUT2D eigenvalue weighted by Crippen LogP contribution is 2.25. The Morgan fingerprint density at radius 2 is 1.67 bits per heavy atom. The van der Waals surface area contributed by atoms with Crippen molar-refractivity contribution in [3.8, 4) is 0 Å². The van der Waals surface area contributed by atoms with Gasteiger partial charge in [0.1, 0.15) is 0 Å². The van der Waals surface area contributed by atoms with Crippen molar-refractivity contribution < 1.29 is 0 Å². The normalized spacial score (nSPS) is 16.9. The Balaban J connectivity index is 2.92. The maximum absolute atomic E-state index is 6.49. The highest BCUT2D eigenvalue weighted by molar-refractivity contribution is 5.20. The summed E-state index contributed by atoms with van der Waals surface area (Å²) in [6.45, 7) is 9.01. The minimum atomic E-state index is 0.0743. The Bertz CT molecular complexity index is 334. The van der Waals surface area contributed by atoms with Crippen molar-refractivity contribution in [3.05, 3.63) is 35.9 Å². The molecule has 0 amide bonds. The van der Waals surface area contributed by atoms with Crippen LogP contribution in [0.1, 0.15) is 45.7 Å². The fraction of sp³-hybridized carbons (Fsp3) is 0.625. The molecule has 0 bridgehead atoms. The summed E-state index contributed by atoms with van der Waals surface area (Å²) in [6, 6.07) is 11.4. The molecule has 0 radical (unpaired) electrons. The summed E-state index contributed by atoms with van der Waals surface area (Å²) in [5, 5.41) is 0. The summed E-state index contributed by atoms with van der Waals surface area (Å²) < 4.78 is 0. The fourth-order valence-electron chi connectivity index (χ4n) is 2.59. The summed E-state index contributed by atoms with van der Waals surface area (Å²) in [5.41, 5.74) is 7.72. The van der Waals surface area contributed by atoms with Crippen molar-refractivity contribution in [3.63, 3.8) is 0 Å². The zero-order valence-electron chi connectivity index (χ0n) is 12.4. The summed E-state index contributed by atoms with van der Waals surface area (Å²) in [6.07, 6.45) is 1.15. The number of hydrogen-bond donors (Lipinski definition) is 1. The fourth-order valence-corrected chi connectivity index (χ4v) is 2.59. The molecule has 3 unspecified atom stereocenters. The molecule has 0 aliphatic rings. The first-order valence-corrected chi connectivity index (χ1v) is 7.01. The predicted octanol–water partition coefficient (Wildman–Crippen LogP) is 3.44. The second-order valence-corrected chi connectivity index (χ2v) is 5.59. The van der Waals surface area contributed by atoms with E-state index < -0.39 is 0 Å². The van der Waals surface area contributed by atoms with Crippen LogP contribution < -0.4 is 5.73 Å². The molecule has 2 heteroatoms. The van der Waals surface area contributed by atoms with Crippen molar-refractivity contribution in [1.82, 2.24) is 4.90 Å². The van der Waals surface area contributed by atoms with Crippen LogP contribution in [-0.4, -0.2) is 24.0 Å². The van der Waals surface area contributed by atoms with E-state index in [-0.39, 0.29) is 6.04 Å². The number of likely N-dealkylation sites (N-methyl/N-ethyl adjacent to an activating group) is 1. The number of benzene rings is 1. The Morgan fingerprint density at radius 3 is 2.11 bits per heavy atom. The van der Waals surface area contributed by atoms with Crippen molar-refractivity contribution in [2.75, 3.05) is 7.05 Å². The van der Waals surface area contributed by atoms with E-state index in [2.05, 4.69) is 63.9 Å². The van der Waals surface area contributed by atoms with Gasteiger partial charge in [-0.05, 0) is 31.9 Å². The van der Waals surface area contributed by atoms with Gasteiger partial charge in [0.25, 0.3) is 0 Å². The van der Waals surface area contributed by atoms with Crippen molar-refractivity contribution in [2.45, 2.75) is 52.2 Å².